The summed E-state index contributed by atoms with van der Waals surface area (Å²) >= 11 is 0. The van der Waals surface area contributed by atoms with Crippen LogP contribution in [0.2, 0.25) is 0 Å². The third-order valence-electron chi connectivity index (χ3n) is 5.75. The Kier molecular flexibility index (Phi) is 6.53. The van der Waals surface area contributed by atoms with Gasteiger partial charge in [0.2, 0.25) is 5.91 Å². The van der Waals surface area contributed by atoms with Crippen LogP contribution < -0.4 is 15.4 Å². The van der Waals surface area contributed by atoms with Gasteiger partial charge in [-0.1, -0.05) is 29.4 Å². The molecule has 2 heterocycles. The molecule has 2 aromatic rings. The Balaban J connectivity index is 1.36. The first-order valence-electron chi connectivity index (χ1n) is 10.6. The first-order valence-corrected chi connectivity index (χ1v) is 10.6. The molecule has 0 spiro atoms. The number of aliphatic carboxylic acids is 1. The Labute approximate surface area is 198 Å². The van der Waals surface area contributed by atoms with E-state index in [4.69, 9.17) is 4.74 Å². The van der Waals surface area contributed by atoms with E-state index in [-0.39, 0.29) is 42.2 Å². The number of β-lactam (4-membered cyclic amide) rings is 1. The zero-order valence-electron chi connectivity index (χ0n) is 18.2. The first kappa shape index (κ1) is 23.5. The Bertz CT molecular complexity index is 1180. The van der Waals surface area contributed by atoms with Crippen LogP contribution in [0.15, 0.2) is 53.7 Å². The number of rotatable bonds is 10. The molecule has 12 heteroatoms. The van der Waals surface area contributed by atoms with E-state index in [9.17, 15) is 34.0 Å². The number of nitrogens with zero attached hydrogens (tertiary/aromatic N) is 2. The number of amides is 4. The lowest BCUT2D eigenvalue weighted by Crippen LogP contribution is -2.62. The van der Waals surface area contributed by atoms with E-state index in [2.05, 4.69) is 15.8 Å². The molecule has 4 rings (SSSR count). The maximum atomic E-state index is 12.6. The predicted octanol–water partition coefficient (Wildman–Crippen LogP) is 0.627. The van der Waals surface area contributed by atoms with Gasteiger partial charge in [0, 0.05) is 13.0 Å². The van der Waals surface area contributed by atoms with Gasteiger partial charge in [-0.3, -0.25) is 24.1 Å². The quantitative estimate of drug-likeness (QED) is 0.252. The van der Waals surface area contributed by atoms with Crippen molar-refractivity contribution in [2.45, 2.75) is 24.5 Å². The van der Waals surface area contributed by atoms with Crippen LogP contribution in [-0.2, 0) is 14.4 Å². The minimum Gasteiger partial charge on any atom is -0.494 e. The zero-order valence-corrected chi connectivity index (χ0v) is 18.2. The van der Waals surface area contributed by atoms with Gasteiger partial charge in [0.15, 0.2) is 6.04 Å². The lowest BCUT2D eigenvalue weighted by Gasteiger charge is -2.27. The summed E-state index contributed by atoms with van der Waals surface area (Å²) in [6.07, 6.45) is -0.160. The van der Waals surface area contributed by atoms with Gasteiger partial charge in [0.25, 0.3) is 17.7 Å². The molecule has 0 aromatic heterocycles. The van der Waals surface area contributed by atoms with Gasteiger partial charge >= 0.3 is 5.97 Å². The van der Waals surface area contributed by atoms with Crippen molar-refractivity contribution in [2.75, 3.05) is 13.2 Å². The summed E-state index contributed by atoms with van der Waals surface area (Å²) in [7, 11) is 0. The van der Waals surface area contributed by atoms with E-state index in [0.29, 0.717) is 5.75 Å². The number of nitroso groups, excluding NO2 is 1. The van der Waals surface area contributed by atoms with Crippen molar-refractivity contribution < 1.29 is 33.8 Å². The molecule has 4 amide bonds. The Hall–Kier alpha value is -4.61. The number of imide groups is 1. The number of nitrogens with one attached hydrogen (secondary N) is 2. The summed E-state index contributed by atoms with van der Waals surface area (Å²) in [6.45, 7) is 0.150. The fourth-order valence-corrected chi connectivity index (χ4v) is 3.80. The summed E-state index contributed by atoms with van der Waals surface area (Å²) in [5.41, 5.74) is 0.583. The predicted molar refractivity (Wildman–Crippen MR) is 118 cm³/mol. The van der Waals surface area contributed by atoms with Crippen molar-refractivity contribution in [3.63, 3.8) is 0 Å². The molecular weight excluding hydrogens is 460 g/mol. The number of hydrogen-bond acceptors (Lipinski definition) is 8. The molecule has 2 aliphatic heterocycles. The summed E-state index contributed by atoms with van der Waals surface area (Å²) in [4.78, 5) is 72.5. The van der Waals surface area contributed by atoms with Crippen LogP contribution in [0, 0.1) is 4.91 Å². The van der Waals surface area contributed by atoms with Gasteiger partial charge in [-0.15, -0.1) is 4.91 Å². The second-order valence-electron chi connectivity index (χ2n) is 7.90. The van der Waals surface area contributed by atoms with Crippen molar-refractivity contribution in [3.05, 3.63) is 70.1 Å². The Morgan fingerprint density at radius 2 is 1.71 bits per heavy atom. The first-order chi connectivity index (χ1) is 16.8. The maximum absolute atomic E-state index is 12.6. The third-order valence-corrected chi connectivity index (χ3v) is 5.75. The van der Waals surface area contributed by atoms with E-state index in [1.165, 1.54) is 36.4 Å². The number of fused-ring (bicyclic) bond motifs is 1. The van der Waals surface area contributed by atoms with Gasteiger partial charge < -0.3 is 20.5 Å². The van der Waals surface area contributed by atoms with Crippen LogP contribution in [-0.4, -0.2) is 64.8 Å². The molecule has 0 radical (unpaired) electrons. The number of ether oxygens (including phenoxy) is 1. The second kappa shape index (κ2) is 9.71. The molecule has 0 bridgehead atoms. The van der Waals surface area contributed by atoms with E-state index in [0.717, 1.165) is 4.90 Å². The van der Waals surface area contributed by atoms with Crippen LogP contribution in [0.1, 0.15) is 38.7 Å². The highest BCUT2D eigenvalue weighted by Crippen LogP contribution is 2.26. The fourth-order valence-electron chi connectivity index (χ4n) is 3.80. The molecular formula is C23H20N4O8. The minimum atomic E-state index is -1.42. The third kappa shape index (κ3) is 4.58. The molecule has 35 heavy (non-hydrogen) atoms. The number of carbonyl (C=O) groups excluding carboxylic acids is 4. The largest absolute Gasteiger partial charge is 0.494 e. The van der Waals surface area contributed by atoms with Crippen molar-refractivity contribution in [3.8, 4) is 5.75 Å². The molecule has 3 atom stereocenters. The van der Waals surface area contributed by atoms with E-state index in [1.807, 2.05) is 0 Å². The van der Waals surface area contributed by atoms with Crippen LogP contribution in [0.5, 0.6) is 5.75 Å². The average molecular weight is 480 g/mol. The summed E-state index contributed by atoms with van der Waals surface area (Å²) in [6, 6.07) is 8.47. The average Bonchev–Trinajstić information content (AvgIpc) is 3.10. The number of hydrogen-bond donors (Lipinski definition) is 3. The fraction of sp³-hybridized carbons (Fsp3) is 0.261. The summed E-state index contributed by atoms with van der Waals surface area (Å²) < 4.78 is 5.55. The highest BCUT2D eigenvalue weighted by Gasteiger charge is 2.42. The Morgan fingerprint density at radius 1 is 1.09 bits per heavy atom. The lowest BCUT2D eigenvalue weighted by molar-refractivity contribution is -0.142. The van der Waals surface area contributed by atoms with Crippen LogP contribution in [0.4, 0.5) is 0 Å². The monoisotopic (exact) mass is 480 g/mol. The van der Waals surface area contributed by atoms with Crippen LogP contribution in [0.25, 0.3) is 0 Å². The molecule has 1 saturated heterocycles. The molecule has 12 nitrogen and oxygen atoms in total. The zero-order chi connectivity index (χ0) is 25.1. The summed E-state index contributed by atoms with van der Waals surface area (Å²) in [5.74, 6) is -3.43. The normalized spacial score (nSPS) is 18.1. The molecule has 0 aliphatic carbocycles. The standard InChI is InChI=1S/C23H20N4O8/c28-19-16(11-24-19)25-20(29)18(26-34)12-5-7-13(8-6-12)35-10-9-17(23(32)33)27-21(30)14-3-1-2-4-15(14)22(27)31/h1-8,16-18H,9-11H2,(H,24,28)(H,25,29)(H,32,33). The van der Waals surface area contributed by atoms with Crippen LogP contribution in [0.3, 0.4) is 0 Å². The van der Waals surface area contributed by atoms with Crippen LogP contribution >= 0.6 is 0 Å². The van der Waals surface area contributed by atoms with Crippen molar-refractivity contribution >= 4 is 29.6 Å². The van der Waals surface area contributed by atoms with Crippen molar-refractivity contribution in [1.29, 1.82) is 0 Å². The van der Waals surface area contributed by atoms with E-state index in [1.54, 1.807) is 12.1 Å². The van der Waals surface area contributed by atoms with Gasteiger partial charge in [-0.25, -0.2) is 4.79 Å². The van der Waals surface area contributed by atoms with E-state index >= 15 is 0 Å². The highest BCUT2D eigenvalue weighted by atomic mass is 16.5. The lowest BCUT2D eigenvalue weighted by atomic mass is 10.1. The van der Waals surface area contributed by atoms with Gasteiger partial charge in [0.05, 0.1) is 17.7 Å². The molecule has 2 aromatic carbocycles. The number of carbonyl (C=O) groups is 5. The van der Waals surface area contributed by atoms with Gasteiger partial charge in [-0.05, 0) is 29.8 Å². The maximum Gasteiger partial charge on any atom is 0.327 e. The minimum absolute atomic E-state index is 0.129. The summed E-state index contributed by atoms with van der Waals surface area (Å²) in [5, 5.41) is 17.4. The molecule has 180 valence electrons. The van der Waals surface area contributed by atoms with Gasteiger partial charge in [0.1, 0.15) is 17.8 Å². The smallest absolute Gasteiger partial charge is 0.327 e. The topological polar surface area (TPSA) is 172 Å². The van der Waals surface area contributed by atoms with Crippen molar-refractivity contribution in [1.82, 2.24) is 15.5 Å². The highest BCUT2D eigenvalue weighted by molar-refractivity contribution is 6.22. The number of carboxylic acid groups (broad SMARTS) is 1. The molecule has 1 fully saturated rings. The number of benzene rings is 2. The molecule has 3 unspecified atom stereocenters. The number of carboxylic acids is 1. The Morgan fingerprint density at radius 3 is 2.20 bits per heavy atom. The van der Waals surface area contributed by atoms with E-state index < -0.39 is 41.8 Å². The molecule has 3 N–H and O–H groups in total. The SMILES string of the molecule is O=NC(C(=O)NC1CNC1=O)c1ccc(OCCC(C(=O)O)N2C(=O)c3ccccc3C2=O)cc1. The van der Waals surface area contributed by atoms with Crippen molar-refractivity contribution in [2.24, 2.45) is 5.18 Å². The van der Waals surface area contributed by atoms with Gasteiger partial charge in [-0.2, -0.15) is 0 Å². The molecule has 0 saturated carbocycles. The molecule has 2 aliphatic rings. The second-order valence-corrected chi connectivity index (χ2v) is 7.90.